The number of rotatable bonds is 4. The normalized spacial score (nSPS) is 15.7. The van der Waals surface area contributed by atoms with Crippen molar-refractivity contribution in [1.82, 2.24) is 0 Å². The highest BCUT2D eigenvalue weighted by atomic mass is 32.2. The largest absolute Gasteiger partial charge is 0.523 e. The predicted octanol–water partition coefficient (Wildman–Crippen LogP) is 0.320. The van der Waals surface area contributed by atoms with Gasteiger partial charge < -0.3 is 4.89 Å². The molecule has 0 radical (unpaired) electrons. The molecule has 0 rings (SSSR count). The van der Waals surface area contributed by atoms with Gasteiger partial charge in [0.25, 0.3) is 0 Å². The molecule has 0 spiro atoms. The third kappa shape index (κ3) is 4.61. The van der Waals surface area contributed by atoms with Crippen molar-refractivity contribution in [3.8, 4) is 0 Å². The van der Waals surface area contributed by atoms with E-state index in [9.17, 15) is 26.2 Å². The SMILES string of the molecule is O=[PH](O)CCOS(=O)(=O)C(F)(F)F. The van der Waals surface area contributed by atoms with Gasteiger partial charge in [0, 0.05) is 6.16 Å². The van der Waals surface area contributed by atoms with Crippen molar-refractivity contribution in [1.29, 1.82) is 0 Å². The van der Waals surface area contributed by atoms with E-state index in [2.05, 4.69) is 4.18 Å². The van der Waals surface area contributed by atoms with Gasteiger partial charge in [0.05, 0.1) is 6.61 Å². The minimum atomic E-state index is -5.63. The lowest BCUT2D eigenvalue weighted by Gasteiger charge is -2.06. The van der Waals surface area contributed by atoms with Crippen molar-refractivity contribution in [2.24, 2.45) is 0 Å². The zero-order chi connectivity index (χ0) is 10.7. The number of alkyl halides is 3. The molecule has 0 amide bonds. The van der Waals surface area contributed by atoms with Gasteiger partial charge >= 0.3 is 15.6 Å². The van der Waals surface area contributed by atoms with Crippen LogP contribution in [0.25, 0.3) is 0 Å². The Morgan fingerprint density at radius 2 is 1.85 bits per heavy atom. The van der Waals surface area contributed by atoms with Crippen LogP contribution in [0.2, 0.25) is 0 Å². The average Bonchev–Trinajstić information content (AvgIpc) is 1.82. The molecule has 0 aromatic rings. The van der Waals surface area contributed by atoms with Gasteiger partial charge in [-0.3, -0.25) is 8.75 Å². The van der Waals surface area contributed by atoms with Gasteiger partial charge in [0.1, 0.15) is 0 Å². The Kier molecular flexibility index (Phi) is 4.37. The highest BCUT2D eigenvalue weighted by Crippen LogP contribution is 2.25. The Labute approximate surface area is 72.5 Å². The molecule has 80 valence electrons. The fraction of sp³-hybridized carbons (Fsp3) is 1.00. The molecule has 10 heteroatoms. The first-order valence-electron chi connectivity index (χ1n) is 2.84. The Morgan fingerprint density at radius 3 is 2.15 bits per heavy atom. The molecule has 0 aromatic heterocycles. The third-order valence-electron chi connectivity index (χ3n) is 0.838. The maximum atomic E-state index is 11.5. The molecule has 0 fully saturated rings. The standard InChI is InChI=1S/C3H6F3O5PS/c4-3(5,6)13(9,10)11-1-2-12(7)8/h12H,1-2H2,(H,7,8). The molecular formula is C3H6F3O5PS. The molecule has 5 nitrogen and oxygen atoms in total. The Hall–Kier alpha value is -0.110. The second-order valence-corrected chi connectivity index (χ2v) is 4.76. The molecule has 0 aliphatic rings. The topological polar surface area (TPSA) is 80.7 Å². The number of hydrogen-bond donors (Lipinski definition) is 1. The van der Waals surface area contributed by atoms with Crippen molar-refractivity contribution in [3.05, 3.63) is 0 Å². The van der Waals surface area contributed by atoms with Gasteiger partial charge in [-0.25, -0.2) is 0 Å². The minimum Gasteiger partial charge on any atom is -0.346 e. The zero-order valence-electron chi connectivity index (χ0n) is 6.04. The van der Waals surface area contributed by atoms with Crippen molar-refractivity contribution >= 4 is 18.1 Å². The van der Waals surface area contributed by atoms with Crippen molar-refractivity contribution in [3.63, 3.8) is 0 Å². The van der Waals surface area contributed by atoms with Crippen LogP contribution in [0.1, 0.15) is 0 Å². The first-order chi connectivity index (χ1) is 5.67. The van der Waals surface area contributed by atoms with Crippen molar-refractivity contribution < 1.29 is 35.2 Å². The first-order valence-corrected chi connectivity index (χ1v) is 5.81. The van der Waals surface area contributed by atoms with E-state index >= 15 is 0 Å². The Morgan fingerprint density at radius 1 is 1.38 bits per heavy atom. The fourth-order valence-corrected chi connectivity index (χ4v) is 1.17. The lowest BCUT2D eigenvalue weighted by molar-refractivity contribution is -0.0538. The second-order valence-electron chi connectivity index (χ2n) is 1.87. The maximum absolute atomic E-state index is 11.5. The Balaban J connectivity index is 4.15. The molecule has 1 N–H and O–H groups in total. The highest BCUT2D eigenvalue weighted by Gasteiger charge is 2.47. The maximum Gasteiger partial charge on any atom is 0.523 e. The van der Waals surface area contributed by atoms with Gasteiger partial charge in [-0.1, -0.05) is 0 Å². The van der Waals surface area contributed by atoms with Gasteiger partial charge in [0.15, 0.2) is 8.03 Å². The van der Waals surface area contributed by atoms with Crippen molar-refractivity contribution in [2.75, 3.05) is 12.8 Å². The van der Waals surface area contributed by atoms with Crippen LogP contribution in [0.5, 0.6) is 0 Å². The molecule has 13 heavy (non-hydrogen) atoms. The van der Waals surface area contributed by atoms with Gasteiger partial charge in [-0.05, 0) is 0 Å². The van der Waals surface area contributed by atoms with Crippen LogP contribution >= 0.6 is 8.03 Å². The van der Waals surface area contributed by atoms with E-state index in [1.54, 1.807) is 0 Å². The summed E-state index contributed by atoms with van der Waals surface area (Å²) in [5.74, 6) is 0. The molecule has 0 saturated carbocycles. The van der Waals surface area contributed by atoms with Crippen LogP contribution in [0.15, 0.2) is 0 Å². The highest BCUT2D eigenvalue weighted by molar-refractivity contribution is 7.87. The molecule has 1 atom stereocenters. The molecule has 0 saturated heterocycles. The zero-order valence-corrected chi connectivity index (χ0v) is 7.85. The molecule has 0 aliphatic carbocycles. The summed E-state index contributed by atoms with van der Waals surface area (Å²) in [4.78, 5) is 8.14. The van der Waals surface area contributed by atoms with Crippen LogP contribution in [-0.4, -0.2) is 31.6 Å². The summed E-state index contributed by atoms with van der Waals surface area (Å²) < 4.78 is 68.1. The van der Waals surface area contributed by atoms with Crippen LogP contribution in [0, 0.1) is 0 Å². The van der Waals surface area contributed by atoms with E-state index < -0.39 is 36.4 Å². The first kappa shape index (κ1) is 12.9. The van der Waals surface area contributed by atoms with Crippen LogP contribution in [0.3, 0.4) is 0 Å². The molecule has 0 bridgehead atoms. The van der Waals surface area contributed by atoms with Gasteiger partial charge in [-0.15, -0.1) is 0 Å². The molecule has 0 aromatic carbocycles. The van der Waals surface area contributed by atoms with E-state index in [1.807, 2.05) is 0 Å². The number of halogens is 3. The lowest BCUT2D eigenvalue weighted by Crippen LogP contribution is -2.26. The smallest absolute Gasteiger partial charge is 0.346 e. The van der Waals surface area contributed by atoms with Crippen LogP contribution in [0.4, 0.5) is 13.2 Å². The van der Waals surface area contributed by atoms with Crippen molar-refractivity contribution in [2.45, 2.75) is 5.51 Å². The van der Waals surface area contributed by atoms with E-state index in [4.69, 9.17) is 4.89 Å². The monoisotopic (exact) mass is 242 g/mol. The Bertz CT molecular complexity index is 282. The summed E-state index contributed by atoms with van der Waals surface area (Å²) in [5.41, 5.74) is -5.49. The molecule has 0 heterocycles. The summed E-state index contributed by atoms with van der Waals surface area (Å²) in [5, 5.41) is 0. The third-order valence-corrected chi connectivity index (χ3v) is 2.51. The number of hydrogen-bond acceptors (Lipinski definition) is 4. The summed E-state index contributed by atoms with van der Waals surface area (Å²) >= 11 is 0. The summed E-state index contributed by atoms with van der Waals surface area (Å²) in [6.07, 6.45) is -0.625. The second kappa shape index (κ2) is 4.41. The molecule has 1 unspecified atom stereocenters. The van der Waals surface area contributed by atoms with Gasteiger partial charge in [-0.2, -0.15) is 21.6 Å². The molecular weight excluding hydrogens is 236 g/mol. The summed E-state index contributed by atoms with van der Waals surface area (Å²) in [7, 11) is -8.64. The summed E-state index contributed by atoms with van der Waals surface area (Å²) in [6, 6.07) is 0. The van der Waals surface area contributed by atoms with E-state index in [0.717, 1.165) is 0 Å². The van der Waals surface area contributed by atoms with Crippen LogP contribution < -0.4 is 0 Å². The quantitative estimate of drug-likeness (QED) is 0.436. The minimum absolute atomic E-state index is 0.625. The lowest BCUT2D eigenvalue weighted by atomic mass is 10.9. The predicted molar refractivity (Wildman–Crippen MR) is 37.0 cm³/mol. The summed E-state index contributed by atoms with van der Waals surface area (Å²) in [6.45, 7) is -0.948. The van der Waals surface area contributed by atoms with E-state index in [1.165, 1.54) is 0 Å². The average molecular weight is 242 g/mol. The van der Waals surface area contributed by atoms with Crippen LogP contribution in [-0.2, 0) is 18.9 Å². The van der Waals surface area contributed by atoms with E-state index in [-0.39, 0.29) is 0 Å². The van der Waals surface area contributed by atoms with Gasteiger partial charge in [0.2, 0.25) is 0 Å². The molecule has 0 aliphatic heterocycles. The van der Waals surface area contributed by atoms with E-state index in [0.29, 0.717) is 0 Å². The fourth-order valence-electron chi connectivity index (χ4n) is 0.306.